The summed E-state index contributed by atoms with van der Waals surface area (Å²) in [5.74, 6) is 0.539. The molecule has 160 valence electrons. The number of rotatable bonds is 10. The lowest BCUT2D eigenvalue weighted by Crippen LogP contribution is -2.36. The molecule has 1 aromatic rings. The lowest BCUT2D eigenvalue weighted by molar-refractivity contribution is -0.143. The van der Waals surface area contributed by atoms with Crippen LogP contribution in [0.5, 0.6) is 11.5 Å². The van der Waals surface area contributed by atoms with Gasteiger partial charge >= 0.3 is 12.1 Å². The van der Waals surface area contributed by atoms with Crippen LogP contribution < -0.4 is 14.8 Å². The van der Waals surface area contributed by atoms with Crippen molar-refractivity contribution in [2.45, 2.75) is 51.4 Å². The molecule has 0 saturated heterocycles. The molecule has 0 aliphatic rings. The molecule has 0 spiro atoms. The number of hydrogen-bond donors (Lipinski definition) is 1. The van der Waals surface area contributed by atoms with E-state index >= 15 is 0 Å². The Kier molecular flexibility index (Phi) is 9.25. The third-order valence-corrected chi connectivity index (χ3v) is 3.88. The van der Waals surface area contributed by atoms with E-state index in [0.29, 0.717) is 24.3 Å². The highest BCUT2D eigenvalue weighted by Gasteiger charge is 2.25. The van der Waals surface area contributed by atoms with E-state index in [1.807, 2.05) is 6.07 Å². The van der Waals surface area contributed by atoms with Gasteiger partial charge in [-0.25, -0.2) is 9.59 Å². The Hall–Kier alpha value is -2.96. The van der Waals surface area contributed by atoms with Gasteiger partial charge in [0.05, 0.1) is 20.3 Å². The predicted molar refractivity (Wildman–Crippen MR) is 111 cm³/mol. The first-order valence-corrected chi connectivity index (χ1v) is 9.28. The number of benzene rings is 1. The van der Waals surface area contributed by atoms with Crippen LogP contribution in [0.1, 0.15) is 45.2 Å². The molecule has 0 aromatic heterocycles. The lowest BCUT2D eigenvalue weighted by atomic mass is 9.98. The molecule has 7 nitrogen and oxygen atoms in total. The van der Waals surface area contributed by atoms with Crippen LogP contribution in [0, 0.1) is 0 Å². The van der Waals surface area contributed by atoms with Crippen molar-refractivity contribution < 1.29 is 28.5 Å². The minimum Gasteiger partial charge on any atom is -0.493 e. The molecule has 0 saturated carbocycles. The Balaban J connectivity index is 3.19. The van der Waals surface area contributed by atoms with Crippen molar-refractivity contribution in [3.8, 4) is 11.5 Å². The highest BCUT2D eigenvalue weighted by molar-refractivity contribution is 5.81. The summed E-state index contributed by atoms with van der Waals surface area (Å²) in [5.41, 5.74) is 0.0967. The van der Waals surface area contributed by atoms with Crippen LogP contribution in [-0.4, -0.2) is 38.0 Å². The second kappa shape index (κ2) is 11.1. The molecule has 0 aliphatic heterocycles. The molecular weight excluding hydrogens is 374 g/mol. The Labute approximate surface area is 172 Å². The molecule has 0 unspecified atom stereocenters. The van der Waals surface area contributed by atoms with E-state index in [1.54, 1.807) is 46.1 Å². The number of esters is 1. The monoisotopic (exact) mass is 405 g/mol. The summed E-state index contributed by atoms with van der Waals surface area (Å²) >= 11 is 0. The first-order chi connectivity index (χ1) is 13.6. The zero-order valence-electron chi connectivity index (χ0n) is 17.8. The minimum atomic E-state index is -0.651. The Morgan fingerprint density at radius 1 is 1.14 bits per heavy atom. The van der Waals surface area contributed by atoms with Crippen molar-refractivity contribution in [3.05, 3.63) is 49.1 Å². The number of methoxy groups -OCH3 is 2. The molecule has 29 heavy (non-hydrogen) atoms. The summed E-state index contributed by atoms with van der Waals surface area (Å²) in [5, 5.41) is 2.85. The Morgan fingerprint density at radius 2 is 1.79 bits per heavy atom. The molecule has 1 N–H and O–H groups in total. The number of amides is 1. The summed E-state index contributed by atoms with van der Waals surface area (Å²) in [6.07, 6.45) is 2.39. The number of ether oxygens (including phenoxy) is 4. The molecule has 2 atom stereocenters. The van der Waals surface area contributed by atoms with Gasteiger partial charge < -0.3 is 24.3 Å². The van der Waals surface area contributed by atoms with E-state index in [9.17, 15) is 9.59 Å². The zero-order chi connectivity index (χ0) is 22.0. The van der Waals surface area contributed by atoms with Gasteiger partial charge in [-0.3, -0.25) is 0 Å². The fourth-order valence-electron chi connectivity index (χ4n) is 2.65. The minimum absolute atomic E-state index is 0.306. The molecular formula is C22H31NO6. The van der Waals surface area contributed by atoms with Gasteiger partial charge in [0.15, 0.2) is 11.5 Å². The van der Waals surface area contributed by atoms with Gasteiger partial charge in [0.1, 0.15) is 11.7 Å². The summed E-state index contributed by atoms with van der Waals surface area (Å²) < 4.78 is 21.4. The lowest BCUT2D eigenvalue weighted by Gasteiger charge is -2.27. The van der Waals surface area contributed by atoms with Gasteiger partial charge in [0.2, 0.25) is 0 Å². The van der Waals surface area contributed by atoms with Crippen LogP contribution in [-0.2, 0) is 14.3 Å². The van der Waals surface area contributed by atoms with Crippen LogP contribution in [0.4, 0.5) is 4.79 Å². The van der Waals surface area contributed by atoms with Crippen LogP contribution in [0.25, 0.3) is 0 Å². The third-order valence-electron chi connectivity index (χ3n) is 3.88. The van der Waals surface area contributed by atoms with Gasteiger partial charge in [-0.05, 0) is 38.5 Å². The highest BCUT2D eigenvalue weighted by atomic mass is 16.6. The average molecular weight is 405 g/mol. The van der Waals surface area contributed by atoms with Crippen molar-refractivity contribution in [2.24, 2.45) is 0 Å². The first-order valence-electron chi connectivity index (χ1n) is 9.28. The average Bonchev–Trinajstić information content (AvgIpc) is 2.65. The Morgan fingerprint density at radius 3 is 2.31 bits per heavy atom. The van der Waals surface area contributed by atoms with Crippen molar-refractivity contribution in [3.63, 3.8) is 0 Å². The summed E-state index contributed by atoms with van der Waals surface area (Å²) in [6.45, 7) is 12.5. The second-order valence-electron chi connectivity index (χ2n) is 7.34. The van der Waals surface area contributed by atoms with Gasteiger partial charge in [-0.2, -0.15) is 0 Å². The van der Waals surface area contributed by atoms with Gasteiger partial charge in [0.25, 0.3) is 0 Å². The predicted octanol–water partition coefficient (Wildman–Crippen LogP) is 4.33. The molecule has 0 aliphatic carbocycles. The van der Waals surface area contributed by atoms with E-state index in [4.69, 9.17) is 18.9 Å². The van der Waals surface area contributed by atoms with E-state index in [2.05, 4.69) is 18.5 Å². The maximum Gasteiger partial charge on any atom is 0.408 e. The van der Waals surface area contributed by atoms with Crippen molar-refractivity contribution >= 4 is 12.1 Å². The van der Waals surface area contributed by atoms with Crippen LogP contribution in [0.3, 0.4) is 0 Å². The summed E-state index contributed by atoms with van der Waals surface area (Å²) in [7, 11) is 3.08. The first kappa shape index (κ1) is 24.1. The number of carbonyl (C=O) groups excluding carboxylic acids is 2. The molecule has 7 heteroatoms. The quantitative estimate of drug-likeness (QED) is 0.354. The summed E-state index contributed by atoms with van der Waals surface area (Å²) in [4.78, 5) is 24.1. The number of nitrogens with one attached hydrogen (secondary N) is 1. The molecule has 1 amide bonds. The normalized spacial score (nSPS) is 12.9. The fraction of sp³-hybridized carbons (Fsp3) is 0.455. The van der Waals surface area contributed by atoms with Crippen molar-refractivity contribution in [2.75, 3.05) is 14.2 Å². The maximum atomic E-state index is 12.4. The van der Waals surface area contributed by atoms with Gasteiger partial charge in [0, 0.05) is 18.9 Å². The highest BCUT2D eigenvalue weighted by Crippen LogP contribution is 2.32. The maximum absolute atomic E-state index is 12.4. The molecule has 1 aromatic carbocycles. The smallest absolute Gasteiger partial charge is 0.408 e. The third kappa shape index (κ3) is 8.29. The fourth-order valence-corrected chi connectivity index (χ4v) is 2.65. The van der Waals surface area contributed by atoms with E-state index < -0.39 is 29.8 Å². The van der Waals surface area contributed by atoms with Gasteiger partial charge in [-0.15, -0.1) is 6.58 Å². The summed E-state index contributed by atoms with van der Waals surface area (Å²) in [6, 6.07) is 4.81. The standard InChI is InChI=1S/C22H31NO6/c1-8-10-16(28-20(24)9-2)14-17(23-21(25)29-22(3,4)5)15-11-12-18(26-6)19(13-15)27-7/h8-9,11-13,16-17H,1-2,10,14H2,3-7H3,(H,23,25)/t16-,17-/m0/s1. The Bertz CT molecular complexity index is 723. The molecule has 0 bridgehead atoms. The van der Waals surface area contributed by atoms with E-state index in [-0.39, 0.29) is 0 Å². The SMILES string of the molecule is C=CC[C@@H](C[C@H](NC(=O)OC(C)(C)C)c1ccc(OC)c(OC)c1)OC(=O)C=C. The zero-order valence-corrected chi connectivity index (χ0v) is 17.8. The molecule has 0 heterocycles. The number of alkyl carbamates (subject to hydrolysis) is 1. The van der Waals surface area contributed by atoms with Crippen LogP contribution >= 0.6 is 0 Å². The molecule has 1 rings (SSSR count). The molecule has 0 radical (unpaired) electrons. The topological polar surface area (TPSA) is 83.1 Å². The van der Waals surface area contributed by atoms with E-state index in [0.717, 1.165) is 11.6 Å². The molecule has 0 fully saturated rings. The largest absolute Gasteiger partial charge is 0.493 e. The number of carbonyl (C=O) groups is 2. The van der Waals surface area contributed by atoms with Crippen LogP contribution in [0.15, 0.2) is 43.5 Å². The van der Waals surface area contributed by atoms with Crippen LogP contribution in [0.2, 0.25) is 0 Å². The van der Waals surface area contributed by atoms with Crippen molar-refractivity contribution in [1.29, 1.82) is 0 Å². The second-order valence-corrected chi connectivity index (χ2v) is 7.34. The van der Waals surface area contributed by atoms with Crippen molar-refractivity contribution in [1.82, 2.24) is 5.32 Å². The van der Waals surface area contributed by atoms with E-state index in [1.165, 1.54) is 7.11 Å². The van der Waals surface area contributed by atoms with Gasteiger partial charge in [-0.1, -0.05) is 18.7 Å². The number of hydrogen-bond acceptors (Lipinski definition) is 6.